The van der Waals surface area contributed by atoms with Crippen molar-refractivity contribution in [1.82, 2.24) is 24.6 Å². The van der Waals surface area contributed by atoms with Crippen LogP contribution in [0, 0.1) is 5.82 Å². The number of nitrogens with one attached hydrogen (secondary N) is 1. The van der Waals surface area contributed by atoms with Crippen molar-refractivity contribution < 1.29 is 13.9 Å². The number of carbonyl (C=O) groups is 1. The van der Waals surface area contributed by atoms with Gasteiger partial charge in [0.2, 0.25) is 5.91 Å². The van der Waals surface area contributed by atoms with Gasteiger partial charge >= 0.3 is 0 Å². The molecule has 0 unspecified atom stereocenters. The van der Waals surface area contributed by atoms with Crippen molar-refractivity contribution in [1.29, 1.82) is 0 Å². The van der Waals surface area contributed by atoms with Crippen molar-refractivity contribution in [2.24, 2.45) is 0 Å². The molecule has 0 fully saturated rings. The lowest BCUT2D eigenvalue weighted by Gasteiger charge is -2.20. The van der Waals surface area contributed by atoms with E-state index in [-0.39, 0.29) is 23.5 Å². The topological polar surface area (TPSA) is 85.2 Å². The zero-order valence-corrected chi connectivity index (χ0v) is 21.4. The Hall–Kier alpha value is -3.28. The predicted molar refractivity (Wildman–Crippen MR) is 137 cm³/mol. The Morgan fingerprint density at radius 3 is 2.54 bits per heavy atom. The smallest absolute Gasteiger partial charge is 0.236 e. The van der Waals surface area contributed by atoms with Gasteiger partial charge in [0.15, 0.2) is 16.1 Å². The molecule has 0 aliphatic heterocycles. The van der Waals surface area contributed by atoms with E-state index in [4.69, 9.17) is 4.74 Å². The van der Waals surface area contributed by atoms with E-state index >= 15 is 0 Å². The molecule has 2 heterocycles. The summed E-state index contributed by atoms with van der Waals surface area (Å²) in [5.74, 6) is 1.06. The van der Waals surface area contributed by atoms with E-state index in [1.165, 1.54) is 35.2 Å². The predicted octanol–water partition coefficient (Wildman–Crippen LogP) is 4.89. The molecule has 1 amide bonds. The first-order valence-electron chi connectivity index (χ1n) is 10.8. The summed E-state index contributed by atoms with van der Waals surface area (Å²) in [5.41, 5.74) is 2.44. The Morgan fingerprint density at radius 1 is 1.17 bits per heavy atom. The van der Waals surface area contributed by atoms with Gasteiger partial charge in [-0.15, -0.1) is 21.5 Å². The number of methoxy groups -OCH3 is 1. The van der Waals surface area contributed by atoms with Gasteiger partial charge in [0.05, 0.1) is 24.6 Å². The SMILES string of the molecule is COc1ccc(-c2csc(NC(=O)CSc3nnc([C@H](C)N(C)C)n3-c3ccc(F)cc3)n2)cc1. The van der Waals surface area contributed by atoms with Crippen LogP contribution in [-0.2, 0) is 4.79 Å². The molecule has 0 saturated carbocycles. The van der Waals surface area contributed by atoms with Crippen LogP contribution in [0.5, 0.6) is 5.75 Å². The molecule has 1 N–H and O–H groups in total. The summed E-state index contributed by atoms with van der Waals surface area (Å²) >= 11 is 2.62. The molecule has 0 aliphatic rings. The number of benzene rings is 2. The molecule has 35 heavy (non-hydrogen) atoms. The van der Waals surface area contributed by atoms with E-state index in [1.807, 2.05) is 60.1 Å². The summed E-state index contributed by atoms with van der Waals surface area (Å²) in [6.45, 7) is 2.01. The molecule has 0 radical (unpaired) electrons. The van der Waals surface area contributed by atoms with E-state index in [1.54, 1.807) is 19.2 Å². The summed E-state index contributed by atoms with van der Waals surface area (Å²) in [6.07, 6.45) is 0. The zero-order chi connectivity index (χ0) is 24.9. The number of hydrogen-bond donors (Lipinski definition) is 1. The van der Waals surface area contributed by atoms with Crippen LogP contribution in [0.4, 0.5) is 9.52 Å². The van der Waals surface area contributed by atoms with Crippen molar-refractivity contribution >= 4 is 34.1 Å². The molecule has 0 aliphatic carbocycles. The van der Waals surface area contributed by atoms with E-state index in [0.717, 1.165) is 22.7 Å². The summed E-state index contributed by atoms with van der Waals surface area (Å²) in [7, 11) is 5.51. The maximum atomic E-state index is 13.5. The van der Waals surface area contributed by atoms with Crippen LogP contribution in [0.3, 0.4) is 0 Å². The fraction of sp³-hybridized carbons (Fsp3) is 0.250. The summed E-state index contributed by atoms with van der Waals surface area (Å²) in [4.78, 5) is 19.2. The van der Waals surface area contributed by atoms with Crippen LogP contribution in [-0.4, -0.2) is 57.5 Å². The molecular weight excluding hydrogens is 487 g/mol. The quantitative estimate of drug-likeness (QED) is 0.320. The normalized spacial score (nSPS) is 12.1. The average Bonchev–Trinajstić information content (AvgIpc) is 3.50. The lowest BCUT2D eigenvalue weighted by atomic mass is 10.2. The van der Waals surface area contributed by atoms with Gasteiger partial charge in [0.1, 0.15) is 11.6 Å². The largest absolute Gasteiger partial charge is 0.497 e. The number of hydrogen-bond acceptors (Lipinski definition) is 8. The highest BCUT2D eigenvalue weighted by atomic mass is 32.2. The van der Waals surface area contributed by atoms with E-state index in [2.05, 4.69) is 20.5 Å². The Labute approximate surface area is 211 Å². The third kappa shape index (κ3) is 5.87. The van der Waals surface area contributed by atoms with Gasteiger partial charge in [0.25, 0.3) is 0 Å². The first-order chi connectivity index (χ1) is 16.9. The van der Waals surface area contributed by atoms with Gasteiger partial charge < -0.3 is 10.1 Å². The van der Waals surface area contributed by atoms with Crippen LogP contribution in [0.1, 0.15) is 18.8 Å². The van der Waals surface area contributed by atoms with Crippen LogP contribution in [0.25, 0.3) is 16.9 Å². The number of ether oxygens (including phenoxy) is 1. The second-order valence-electron chi connectivity index (χ2n) is 7.90. The number of thiazole rings is 1. The molecule has 2 aromatic heterocycles. The molecule has 0 saturated heterocycles. The van der Waals surface area contributed by atoms with Crippen LogP contribution in [0.2, 0.25) is 0 Å². The van der Waals surface area contributed by atoms with Gasteiger partial charge in [-0.2, -0.15) is 0 Å². The first kappa shape index (κ1) is 24.8. The van der Waals surface area contributed by atoms with Gasteiger partial charge in [0, 0.05) is 16.6 Å². The minimum Gasteiger partial charge on any atom is -0.497 e. The minimum atomic E-state index is -0.324. The highest BCUT2D eigenvalue weighted by Gasteiger charge is 2.22. The van der Waals surface area contributed by atoms with Crippen molar-refractivity contribution in [3.63, 3.8) is 0 Å². The zero-order valence-electron chi connectivity index (χ0n) is 19.7. The van der Waals surface area contributed by atoms with Crippen molar-refractivity contribution in [3.8, 4) is 22.7 Å². The third-order valence-corrected chi connectivity index (χ3v) is 7.05. The molecule has 8 nitrogen and oxygen atoms in total. The molecular formula is C24H25FN6O2S2. The van der Waals surface area contributed by atoms with Gasteiger partial charge in [-0.05, 0) is 69.6 Å². The molecule has 2 aromatic carbocycles. The standard InChI is InChI=1S/C24H25FN6O2S2/c1-15(30(2)3)22-28-29-24(31(22)18-9-7-17(25)8-10-18)35-14-21(32)27-23-26-20(13-34-23)16-5-11-19(33-4)12-6-16/h5-13,15H,14H2,1-4H3,(H,26,27,32)/t15-/m0/s1. The number of aromatic nitrogens is 4. The van der Waals surface area contributed by atoms with Crippen LogP contribution in [0.15, 0.2) is 59.1 Å². The van der Waals surface area contributed by atoms with Gasteiger partial charge in [-0.3, -0.25) is 14.3 Å². The van der Waals surface area contributed by atoms with Crippen LogP contribution < -0.4 is 10.1 Å². The Morgan fingerprint density at radius 2 is 1.89 bits per heavy atom. The molecule has 1 atom stereocenters. The lowest BCUT2D eigenvalue weighted by Crippen LogP contribution is -2.21. The maximum absolute atomic E-state index is 13.5. The fourth-order valence-electron chi connectivity index (χ4n) is 3.22. The van der Waals surface area contributed by atoms with E-state index in [9.17, 15) is 9.18 Å². The highest BCUT2D eigenvalue weighted by Crippen LogP contribution is 2.29. The van der Waals surface area contributed by atoms with E-state index < -0.39 is 0 Å². The number of carbonyl (C=O) groups excluding carboxylic acids is 1. The number of amides is 1. The fourth-order valence-corrected chi connectivity index (χ4v) is 4.71. The molecule has 0 spiro atoms. The molecule has 4 aromatic rings. The molecule has 11 heteroatoms. The number of nitrogens with zero attached hydrogens (tertiary/aromatic N) is 5. The maximum Gasteiger partial charge on any atom is 0.236 e. The third-order valence-electron chi connectivity index (χ3n) is 5.36. The first-order valence-corrected chi connectivity index (χ1v) is 12.6. The van der Waals surface area contributed by atoms with Crippen molar-refractivity contribution in [3.05, 3.63) is 65.6 Å². The second kappa shape index (κ2) is 11.0. The molecule has 182 valence electrons. The van der Waals surface area contributed by atoms with Crippen LogP contribution >= 0.6 is 23.1 Å². The lowest BCUT2D eigenvalue weighted by molar-refractivity contribution is -0.113. The Balaban J connectivity index is 1.46. The Bertz CT molecular complexity index is 1290. The van der Waals surface area contributed by atoms with Crippen molar-refractivity contribution in [2.45, 2.75) is 18.1 Å². The number of anilines is 1. The average molecular weight is 513 g/mol. The summed E-state index contributed by atoms with van der Waals surface area (Å²) in [6, 6.07) is 13.7. The monoisotopic (exact) mass is 512 g/mol. The minimum absolute atomic E-state index is 0.0394. The summed E-state index contributed by atoms with van der Waals surface area (Å²) < 4.78 is 20.5. The van der Waals surface area contributed by atoms with E-state index in [0.29, 0.717) is 16.1 Å². The number of rotatable bonds is 9. The molecule has 4 rings (SSSR count). The van der Waals surface area contributed by atoms with Gasteiger partial charge in [-0.1, -0.05) is 11.8 Å². The second-order valence-corrected chi connectivity index (χ2v) is 9.70. The van der Waals surface area contributed by atoms with Crippen molar-refractivity contribution in [2.75, 3.05) is 32.3 Å². The number of thioether (sulfide) groups is 1. The number of halogens is 1. The summed E-state index contributed by atoms with van der Waals surface area (Å²) in [5, 5.41) is 14.5. The highest BCUT2D eigenvalue weighted by molar-refractivity contribution is 7.99. The Kier molecular flexibility index (Phi) is 7.79. The molecule has 0 bridgehead atoms. The van der Waals surface area contributed by atoms with Gasteiger partial charge in [-0.25, -0.2) is 9.37 Å².